The molecular weight excluding hydrogens is 491 g/mol. The molecule has 0 radical (unpaired) electrons. The van der Waals surface area contributed by atoms with Gasteiger partial charge in [-0.05, 0) is 28.5 Å². The van der Waals surface area contributed by atoms with Crippen LogP contribution in [-0.2, 0) is 27.1 Å². The maximum atomic E-state index is 2.59. The van der Waals surface area contributed by atoms with Crippen molar-refractivity contribution in [3.05, 3.63) is 138 Å². The average molecular weight is 516 g/mol. The summed E-state index contributed by atoms with van der Waals surface area (Å²) in [4.78, 5) is 0. The molecule has 0 saturated heterocycles. The van der Waals surface area contributed by atoms with E-state index < -0.39 is 0 Å². The maximum Gasteiger partial charge on any atom is 4.00 e. The molecule has 0 bridgehead atoms. The molecule has 3 aromatic rings. The van der Waals surface area contributed by atoms with Gasteiger partial charge < -0.3 is 43.6 Å². The second kappa shape index (κ2) is 12.8. The van der Waals surface area contributed by atoms with E-state index in [1.807, 2.05) is 0 Å². The topological polar surface area (TPSA) is 0 Å². The Kier molecular flexibility index (Phi) is 11.5. The molecule has 2 aliphatic rings. The van der Waals surface area contributed by atoms with Crippen molar-refractivity contribution in [2.75, 3.05) is 0 Å². The normalized spacial score (nSPS) is 20.6. The molecule has 1 saturated carbocycles. The van der Waals surface area contributed by atoms with E-state index in [-0.39, 0.29) is 64.4 Å². The van der Waals surface area contributed by atoms with Gasteiger partial charge in [0.2, 0.25) is 0 Å². The van der Waals surface area contributed by atoms with Gasteiger partial charge in [0.15, 0.2) is 0 Å². The summed E-state index contributed by atoms with van der Waals surface area (Å²) in [5.41, 5.74) is 3.92. The van der Waals surface area contributed by atoms with Crippen molar-refractivity contribution in [3.8, 4) is 0 Å². The van der Waals surface area contributed by atoms with Crippen LogP contribution in [0, 0.1) is 24.2 Å². The van der Waals surface area contributed by atoms with Crippen molar-refractivity contribution in [2.45, 2.75) is 11.8 Å². The van der Waals surface area contributed by atoms with Gasteiger partial charge in [-0.25, -0.2) is 0 Å². The summed E-state index contributed by atoms with van der Waals surface area (Å²) in [6.07, 6.45) is 13.0. The number of hydrogen-bond donors (Lipinski definition) is 0. The van der Waals surface area contributed by atoms with E-state index in [9.17, 15) is 0 Å². The number of benzene rings is 3. The molecule has 1 fully saturated rings. The van der Waals surface area contributed by atoms with Crippen LogP contribution in [0.3, 0.4) is 0 Å². The smallest absolute Gasteiger partial charge is 1.00 e. The van der Waals surface area contributed by atoms with E-state index in [2.05, 4.69) is 122 Å². The number of fused-ring (bicyclic) bond motifs is 1. The van der Waals surface area contributed by atoms with E-state index in [0.29, 0.717) is 17.8 Å². The first-order valence-corrected chi connectivity index (χ1v) is 10.3. The third-order valence-corrected chi connectivity index (χ3v) is 6.56. The predicted molar refractivity (Wildman–Crippen MR) is 117 cm³/mol. The molecule has 4 heteroatoms. The predicted octanol–water partition coefficient (Wildman–Crippen LogP) is -2.39. The number of hydrogen-bond acceptors (Lipinski definition) is 0. The first-order valence-electron chi connectivity index (χ1n) is 10.3. The zero-order chi connectivity index (χ0) is 18.8. The van der Waals surface area contributed by atoms with Crippen LogP contribution < -0.4 is 37.2 Å². The van der Waals surface area contributed by atoms with Gasteiger partial charge in [0.05, 0.1) is 0 Å². The van der Waals surface area contributed by atoms with Crippen molar-refractivity contribution in [2.24, 2.45) is 17.8 Å². The van der Waals surface area contributed by atoms with Crippen LogP contribution in [0.25, 0.3) is 0 Å². The molecule has 0 heterocycles. The summed E-state index contributed by atoms with van der Waals surface area (Å²) in [5.74, 6) is 1.53. The summed E-state index contributed by atoms with van der Waals surface area (Å²) in [6.45, 7) is 0. The SMILES string of the molecule is C1=CC2C[CH-]C(C(c3ccccc3)(c3ccccc3)c3ccccc3)C2C=C1.[Cl-].[Cl-].[Cl-].[Ti+4]. The molecule has 3 aromatic carbocycles. The van der Waals surface area contributed by atoms with Gasteiger partial charge in [-0.15, -0.1) is 5.92 Å². The quantitative estimate of drug-likeness (QED) is 0.207. The Hall–Kier alpha value is -1.28. The Morgan fingerprint density at radius 3 is 1.44 bits per heavy atom. The molecule has 32 heavy (non-hydrogen) atoms. The second-order valence-electron chi connectivity index (χ2n) is 7.91. The van der Waals surface area contributed by atoms with Gasteiger partial charge in [0.25, 0.3) is 0 Å². The summed E-state index contributed by atoms with van der Waals surface area (Å²) in [5, 5.41) is 0. The zero-order valence-corrected chi connectivity index (χ0v) is 21.4. The third kappa shape index (κ3) is 4.96. The second-order valence-corrected chi connectivity index (χ2v) is 7.91. The summed E-state index contributed by atoms with van der Waals surface area (Å²) in [7, 11) is 0. The number of allylic oxidation sites excluding steroid dienone is 4. The standard InChI is InChI=1S/C28H25.3ClH.Ti/c1-4-13-23(14-5-1)28(24-15-6-2-7-16-24,25-17-8-3-9-18-25)27-21-20-22-12-10-11-19-26(22)27;;;;/h1-19,21-22,26-27H,20H2;3*1H;/q-1;;;;+4/p-3. The van der Waals surface area contributed by atoms with E-state index >= 15 is 0 Å². The Bertz CT molecular complexity index is 890. The third-order valence-electron chi connectivity index (χ3n) is 6.56. The number of rotatable bonds is 4. The van der Waals surface area contributed by atoms with Crippen LogP contribution >= 0.6 is 0 Å². The minimum Gasteiger partial charge on any atom is -1.00 e. The fourth-order valence-electron chi connectivity index (χ4n) is 5.40. The Morgan fingerprint density at radius 2 is 1.00 bits per heavy atom. The van der Waals surface area contributed by atoms with Crippen LogP contribution in [0.15, 0.2) is 115 Å². The van der Waals surface area contributed by atoms with Crippen LogP contribution in [0.4, 0.5) is 0 Å². The van der Waals surface area contributed by atoms with Crippen LogP contribution in [0.2, 0.25) is 0 Å². The first-order chi connectivity index (χ1) is 13.9. The first kappa shape index (κ1) is 28.8. The largest absolute Gasteiger partial charge is 4.00 e. The van der Waals surface area contributed by atoms with Crippen molar-refractivity contribution >= 4 is 0 Å². The molecule has 3 atom stereocenters. The average Bonchev–Trinajstić information content (AvgIpc) is 3.21. The van der Waals surface area contributed by atoms with Crippen molar-refractivity contribution in [3.63, 3.8) is 0 Å². The van der Waals surface area contributed by atoms with Gasteiger partial charge >= 0.3 is 21.7 Å². The molecule has 3 unspecified atom stereocenters. The zero-order valence-electron chi connectivity index (χ0n) is 17.6. The van der Waals surface area contributed by atoms with Crippen molar-refractivity contribution in [1.29, 1.82) is 0 Å². The molecule has 2 aliphatic carbocycles. The van der Waals surface area contributed by atoms with Gasteiger partial charge in [0.1, 0.15) is 0 Å². The summed E-state index contributed by atoms with van der Waals surface area (Å²) < 4.78 is 0. The molecule has 0 spiro atoms. The van der Waals surface area contributed by atoms with Crippen LogP contribution in [0.1, 0.15) is 23.1 Å². The minimum absolute atomic E-state index is 0. The molecule has 0 N–H and O–H groups in total. The molecule has 162 valence electrons. The minimum atomic E-state index is -0.196. The van der Waals surface area contributed by atoms with Crippen molar-refractivity contribution in [1.82, 2.24) is 0 Å². The molecule has 0 nitrogen and oxygen atoms in total. The summed E-state index contributed by atoms with van der Waals surface area (Å²) >= 11 is 0. The van der Waals surface area contributed by atoms with E-state index in [1.165, 1.54) is 16.7 Å². The van der Waals surface area contributed by atoms with Gasteiger partial charge in [0, 0.05) is 5.41 Å². The molecule has 0 aromatic heterocycles. The fraction of sp³-hybridized carbons (Fsp3) is 0.179. The molecular formula is C28H25Cl3Ti. The summed E-state index contributed by atoms with van der Waals surface area (Å²) in [6, 6.07) is 33.3. The van der Waals surface area contributed by atoms with Gasteiger partial charge in [-0.3, -0.25) is 0 Å². The van der Waals surface area contributed by atoms with Crippen LogP contribution in [-0.4, -0.2) is 0 Å². The van der Waals surface area contributed by atoms with E-state index in [4.69, 9.17) is 0 Å². The van der Waals surface area contributed by atoms with E-state index in [0.717, 1.165) is 6.42 Å². The monoisotopic (exact) mass is 514 g/mol. The van der Waals surface area contributed by atoms with E-state index in [1.54, 1.807) is 0 Å². The Morgan fingerprint density at radius 1 is 0.594 bits per heavy atom. The Labute approximate surface area is 225 Å². The molecule has 0 amide bonds. The molecule has 5 rings (SSSR count). The Balaban J connectivity index is 0.00000128. The van der Waals surface area contributed by atoms with Crippen LogP contribution in [0.5, 0.6) is 0 Å². The maximum absolute atomic E-state index is 2.59. The fourth-order valence-corrected chi connectivity index (χ4v) is 5.40. The van der Waals surface area contributed by atoms with Gasteiger partial charge in [-0.2, -0.15) is 6.42 Å². The van der Waals surface area contributed by atoms with Crippen molar-refractivity contribution < 1.29 is 58.9 Å². The number of halogens is 3. The van der Waals surface area contributed by atoms with Gasteiger partial charge in [-0.1, -0.05) is 115 Å². The molecule has 0 aliphatic heterocycles.